The lowest BCUT2D eigenvalue weighted by atomic mass is 9.87. The summed E-state index contributed by atoms with van der Waals surface area (Å²) in [4.78, 5) is 32.3. The lowest BCUT2D eigenvalue weighted by Crippen LogP contribution is -2.42. The van der Waals surface area contributed by atoms with Gasteiger partial charge in [-0.1, -0.05) is 29.8 Å². The number of hydrogen-bond acceptors (Lipinski definition) is 7. The molecular formula is C29H31ClFN5O4. The highest BCUT2D eigenvalue weighted by Gasteiger charge is 2.43. The van der Waals surface area contributed by atoms with E-state index < -0.39 is 23.7 Å². The molecule has 9 nitrogen and oxygen atoms in total. The van der Waals surface area contributed by atoms with Gasteiger partial charge in [-0.2, -0.15) is 5.10 Å². The van der Waals surface area contributed by atoms with Gasteiger partial charge in [-0.05, 0) is 47.9 Å². The number of aromatic nitrogens is 2. The highest BCUT2D eigenvalue weighted by atomic mass is 35.5. The van der Waals surface area contributed by atoms with Crippen LogP contribution < -0.4 is 9.64 Å². The standard InChI is InChI=1S/C29H31ClFN5O4/c1-39-21-9-10-22(25(31)16-21)23-17-35(27-4-3-12-32-33-27)18-24(23)28(37)34-13-11-26(19-5-7-20(30)8-6-19)36(15-14-34)29(38)40-2/h3-10,12,16,23-24,26H,11,13-15,17-18H2,1-2H3/t23-,24+,26?/m0/s1. The zero-order valence-corrected chi connectivity index (χ0v) is 23.1. The zero-order valence-electron chi connectivity index (χ0n) is 22.4. The lowest BCUT2D eigenvalue weighted by Gasteiger charge is -2.28. The van der Waals surface area contributed by atoms with Gasteiger partial charge >= 0.3 is 6.09 Å². The molecule has 2 aliphatic heterocycles. The number of benzene rings is 2. The van der Waals surface area contributed by atoms with Gasteiger partial charge in [0, 0.05) is 55.9 Å². The van der Waals surface area contributed by atoms with E-state index in [1.165, 1.54) is 20.3 Å². The third kappa shape index (κ3) is 5.67. The van der Waals surface area contributed by atoms with E-state index in [1.54, 1.807) is 46.3 Å². The van der Waals surface area contributed by atoms with Crippen molar-refractivity contribution in [1.29, 1.82) is 0 Å². The number of methoxy groups -OCH3 is 2. The van der Waals surface area contributed by atoms with Crippen molar-refractivity contribution in [2.24, 2.45) is 5.92 Å². The lowest BCUT2D eigenvalue weighted by molar-refractivity contribution is -0.135. The summed E-state index contributed by atoms with van der Waals surface area (Å²) in [5.41, 5.74) is 1.37. The first kappa shape index (κ1) is 27.6. The minimum atomic E-state index is -0.524. The Morgan fingerprint density at radius 2 is 1.82 bits per heavy atom. The van der Waals surface area contributed by atoms with Gasteiger partial charge in [0.2, 0.25) is 5.91 Å². The number of carbonyl (C=O) groups excluding carboxylic acids is 2. The number of amides is 2. The maximum Gasteiger partial charge on any atom is 0.410 e. The molecular weight excluding hydrogens is 537 g/mol. The van der Waals surface area contributed by atoms with Crippen molar-refractivity contribution in [3.8, 4) is 5.75 Å². The van der Waals surface area contributed by atoms with Gasteiger partial charge in [0.05, 0.1) is 26.2 Å². The second-order valence-corrected chi connectivity index (χ2v) is 10.4. The van der Waals surface area contributed by atoms with Crippen LogP contribution in [0.5, 0.6) is 5.75 Å². The Labute approximate surface area is 237 Å². The molecule has 0 N–H and O–H groups in total. The van der Waals surface area contributed by atoms with E-state index in [4.69, 9.17) is 21.1 Å². The maximum atomic E-state index is 15.3. The molecule has 210 valence electrons. The molecule has 2 fully saturated rings. The fourth-order valence-corrected chi connectivity index (χ4v) is 5.83. The van der Waals surface area contributed by atoms with E-state index in [2.05, 4.69) is 10.2 Å². The van der Waals surface area contributed by atoms with Crippen molar-refractivity contribution in [1.82, 2.24) is 20.0 Å². The smallest absolute Gasteiger partial charge is 0.410 e. The van der Waals surface area contributed by atoms with Gasteiger partial charge in [-0.15, -0.1) is 5.10 Å². The van der Waals surface area contributed by atoms with E-state index in [1.807, 2.05) is 23.1 Å². The highest BCUT2D eigenvalue weighted by molar-refractivity contribution is 6.30. The molecule has 3 aromatic rings. The van der Waals surface area contributed by atoms with Gasteiger partial charge in [0.15, 0.2) is 5.82 Å². The van der Waals surface area contributed by atoms with Gasteiger partial charge in [-0.3, -0.25) is 9.69 Å². The molecule has 2 aliphatic rings. The van der Waals surface area contributed by atoms with E-state index in [-0.39, 0.29) is 11.9 Å². The summed E-state index contributed by atoms with van der Waals surface area (Å²) >= 11 is 6.09. The quantitative estimate of drug-likeness (QED) is 0.447. The molecule has 11 heteroatoms. The van der Waals surface area contributed by atoms with Crippen LogP contribution in [-0.4, -0.2) is 78.9 Å². The van der Waals surface area contributed by atoms with Crippen LogP contribution in [-0.2, 0) is 9.53 Å². The molecule has 0 spiro atoms. The highest BCUT2D eigenvalue weighted by Crippen LogP contribution is 2.38. The van der Waals surface area contributed by atoms with Crippen molar-refractivity contribution >= 4 is 29.4 Å². The molecule has 0 bridgehead atoms. The number of carbonyl (C=O) groups is 2. The summed E-state index contributed by atoms with van der Waals surface area (Å²) in [5.74, 6) is -0.397. The molecule has 1 aromatic heterocycles. The zero-order chi connectivity index (χ0) is 28.2. The normalized spacial score (nSPS) is 21.2. The first-order valence-corrected chi connectivity index (χ1v) is 13.5. The van der Waals surface area contributed by atoms with E-state index in [0.717, 1.165) is 5.56 Å². The fraction of sp³-hybridized carbons (Fsp3) is 0.379. The minimum absolute atomic E-state index is 0.0896. The van der Waals surface area contributed by atoms with Crippen molar-refractivity contribution in [3.05, 3.63) is 82.8 Å². The number of halogens is 2. The predicted molar refractivity (Wildman–Crippen MR) is 148 cm³/mol. The summed E-state index contributed by atoms with van der Waals surface area (Å²) in [6, 6.07) is 15.4. The van der Waals surface area contributed by atoms with Crippen LogP contribution in [0.15, 0.2) is 60.8 Å². The molecule has 5 rings (SSSR count). The minimum Gasteiger partial charge on any atom is -0.497 e. The second-order valence-electron chi connectivity index (χ2n) is 9.93. The molecule has 3 heterocycles. The number of hydrogen-bond donors (Lipinski definition) is 0. The monoisotopic (exact) mass is 567 g/mol. The third-order valence-corrected chi connectivity index (χ3v) is 8.01. The van der Waals surface area contributed by atoms with Crippen molar-refractivity contribution in [2.75, 3.05) is 51.8 Å². The molecule has 0 aliphatic carbocycles. The summed E-state index contributed by atoms with van der Waals surface area (Å²) in [6.45, 7) is 1.84. The van der Waals surface area contributed by atoms with Crippen molar-refractivity contribution in [2.45, 2.75) is 18.4 Å². The topological polar surface area (TPSA) is 88.1 Å². The van der Waals surface area contributed by atoms with E-state index in [0.29, 0.717) is 61.3 Å². The van der Waals surface area contributed by atoms with Gasteiger partial charge in [-0.25, -0.2) is 9.18 Å². The molecule has 2 saturated heterocycles. The Hall–Kier alpha value is -3.92. The van der Waals surface area contributed by atoms with Crippen LogP contribution in [0, 0.1) is 11.7 Å². The molecule has 3 atom stereocenters. The third-order valence-electron chi connectivity index (χ3n) is 7.76. The summed E-state index contributed by atoms with van der Waals surface area (Å²) in [6.07, 6.45) is 1.65. The molecule has 40 heavy (non-hydrogen) atoms. The largest absolute Gasteiger partial charge is 0.497 e. The Kier molecular flexibility index (Phi) is 8.35. The van der Waals surface area contributed by atoms with E-state index >= 15 is 4.39 Å². The summed E-state index contributed by atoms with van der Waals surface area (Å²) in [5, 5.41) is 8.80. The van der Waals surface area contributed by atoms with Crippen molar-refractivity contribution in [3.63, 3.8) is 0 Å². The average Bonchev–Trinajstić information content (AvgIpc) is 3.30. The Balaban J connectivity index is 1.42. The SMILES string of the molecule is COC(=O)N1CCN(C(=O)[C@@H]2CN(c3cccnn3)C[C@H]2c2ccc(OC)cc2F)CCC1c1ccc(Cl)cc1. The summed E-state index contributed by atoms with van der Waals surface area (Å²) in [7, 11) is 2.84. The van der Waals surface area contributed by atoms with Gasteiger partial charge in [0.25, 0.3) is 0 Å². The average molecular weight is 568 g/mol. The predicted octanol–water partition coefficient (Wildman–Crippen LogP) is 4.54. The number of nitrogens with zero attached hydrogens (tertiary/aromatic N) is 5. The molecule has 2 amide bonds. The Morgan fingerprint density at radius 1 is 1.02 bits per heavy atom. The second kappa shape index (κ2) is 12.1. The number of ether oxygens (including phenoxy) is 2. The van der Waals surface area contributed by atoms with Crippen LogP contribution >= 0.6 is 11.6 Å². The first-order chi connectivity index (χ1) is 19.4. The van der Waals surface area contributed by atoms with Crippen LogP contribution in [0.25, 0.3) is 0 Å². The number of anilines is 1. The maximum absolute atomic E-state index is 15.3. The molecule has 2 aromatic carbocycles. The molecule has 0 radical (unpaired) electrons. The van der Waals surface area contributed by atoms with Crippen LogP contribution in [0.1, 0.15) is 29.5 Å². The van der Waals surface area contributed by atoms with Crippen LogP contribution in [0.2, 0.25) is 5.02 Å². The van der Waals surface area contributed by atoms with E-state index in [9.17, 15) is 9.59 Å². The first-order valence-electron chi connectivity index (χ1n) is 13.1. The Morgan fingerprint density at radius 3 is 2.50 bits per heavy atom. The number of rotatable bonds is 5. The fourth-order valence-electron chi connectivity index (χ4n) is 5.71. The van der Waals surface area contributed by atoms with Crippen molar-refractivity contribution < 1.29 is 23.5 Å². The summed E-state index contributed by atoms with van der Waals surface area (Å²) < 4.78 is 25.5. The molecule has 0 saturated carbocycles. The van der Waals surface area contributed by atoms with Gasteiger partial charge < -0.3 is 19.3 Å². The van der Waals surface area contributed by atoms with Crippen LogP contribution in [0.4, 0.5) is 15.0 Å². The molecule has 1 unspecified atom stereocenters. The van der Waals surface area contributed by atoms with Gasteiger partial charge in [0.1, 0.15) is 11.6 Å². The Bertz CT molecular complexity index is 1350. The van der Waals surface area contributed by atoms with Crippen LogP contribution in [0.3, 0.4) is 0 Å².